The summed E-state index contributed by atoms with van der Waals surface area (Å²) >= 11 is 1.71. The SMILES string of the molecule is O=C(O)c1cc(SC2C=CCCC2)ccn1. The van der Waals surface area contributed by atoms with E-state index in [4.69, 9.17) is 5.11 Å². The Bertz CT molecular complexity index is 417. The minimum atomic E-state index is -0.971. The number of aromatic nitrogens is 1. The maximum atomic E-state index is 10.8. The summed E-state index contributed by atoms with van der Waals surface area (Å²) < 4.78 is 0. The Morgan fingerprint density at radius 3 is 3.12 bits per heavy atom. The lowest BCUT2D eigenvalue weighted by Gasteiger charge is -2.15. The first-order valence-corrected chi connectivity index (χ1v) is 6.16. The highest BCUT2D eigenvalue weighted by molar-refractivity contribution is 8.00. The molecule has 0 fully saturated rings. The maximum absolute atomic E-state index is 10.8. The molecule has 1 N–H and O–H groups in total. The second-order valence-electron chi connectivity index (χ2n) is 3.70. The summed E-state index contributed by atoms with van der Waals surface area (Å²) in [5.41, 5.74) is 0.116. The number of thioether (sulfide) groups is 1. The van der Waals surface area contributed by atoms with Gasteiger partial charge in [-0.2, -0.15) is 0 Å². The minimum absolute atomic E-state index is 0.116. The van der Waals surface area contributed by atoms with E-state index in [0.717, 1.165) is 17.7 Å². The van der Waals surface area contributed by atoms with E-state index in [1.54, 1.807) is 24.0 Å². The zero-order chi connectivity index (χ0) is 11.4. The van der Waals surface area contributed by atoms with Crippen molar-refractivity contribution < 1.29 is 9.90 Å². The molecular formula is C12H13NO2S. The van der Waals surface area contributed by atoms with Crippen molar-refractivity contribution >= 4 is 17.7 Å². The largest absolute Gasteiger partial charge is 0.477 e. The fraction of sp³-hybridized carbons (Fsp3) is 0.333. The van der Waals surface area contributed by atoms with Crippen molar-refractivity contribution in [2.45, 2.75) is 29.4 Å². The summed E-state index contributed by atoms with van der Waals surface area (Å²) in [6.45, 7) is 0. The maximum Gasteiger partial charge on any atom is 0.354 e. The van der Waals surface area contributed by atoms with Crippen LogP contribution in [0.5, 0.6) is 0 Å². The number of hydrogen-bond donors (Lipinski definition) is 1. The molecular weight excluding hydrogens is 222 g/mol. The van der Waals surface area contributed by atoms with Gasteiger partial charge >= 0.3 is 5.97 Å². The highest BCUT2D eigenvalue weighted by Gasteiger charge is 2.11. The summed E-state index contributed by atoms with van der Waals surface area (Å²) in [5.74, 6) is -0.971. The van der Waals surface area contributed by atoms with Crippen LogP contribution in [-0.2, 0) is 0 Å². The lowest BCUT2D eigenvalue weighted by molar-refractivity contribution is 0.0690. The van der Waals surface area contributed by atoms with Gasteiger partial charge in [-0.1, -0.05) is 12.2 Å². The molecule has 0 aromatic carbocycles. The molecule has 0 amide bonds. The molecule has 1 atom stereocenters. The summed E-state index contributed by atoms with van der Waals surface area (Å²) in [6.07, 6.45) is 9.48. The summed E-state index contributed by atoms with van der Waals surface area (Å²) in [4.78, 5) is 15.5. The standard InChI is InChI=1S/C12H13NO2S/c14-12(15)11-8-10(6-7-13-11)16-9-4-2-1-3-5-9/h2,4,6-9H,1,3,5H2,(H,14,15). The second kappa shape index (κ2) is 5.16. The van der Waals surface area contributed by atoms with Gasteiger partial charge in [0.1, 0.15) is 5.69 Å². The van der Waals surface area contributed by atoms with E-state index in [9.17, 15) is 4.79 Å². The monoisotopic (exact) mass is 235 g/mol. The third-order valence-corrected chi connectivity index (χ3v) is 3.67. The molecule has 0 bridgehead atoms. The molecule has 0 saturated carbocycles. The summed E-state index contributed by atoms with van der Waals surface area (Å²) in [6, 6.07) is 3.50. The lowest BCUT2D eigenvalue weighted by Crippen LogP contribution is -2.03. The average molecular weight is 235 g/mol. The molecule has 1 unspecified atom stereocenters. The van der Waals surface area contributed by atoms with Crippen molar-refractivity contribution in [2.24, 2.45) is 0 Å². The molecule has 0 saturated heterocycles. The van der Waals surface area contributed by atoms with Crippen molar-refractivity contribution in [1.82, 2.24) is 4.98 Å². The first-order valence-electron chi connectivity index (χ1n) is 5.28. The van der Waals surface area contributed by atoms with Crippen molar-refractivity contribution in [3.05, 3.63) is 36.2 Å². The number of pyridine rings is 1. The lowest BCUT2D eigenvalue weighted by atomic mass is 10.1. The molecule has 84 valence electrons. The molecule has 3 nitrogen and oxygen atoms in total. The number of aromatic carboxylic acids is 1. The van der Waals surface area contributed by atoms with E-state index in [1.807, 2.05) is 6.07 Å². The number of hydrogen-bond acceptors (Lipinski definition) is 3. The van der Waals surface area contributed by atoms with Crippen molar-refractivity contribution in [1.29, 1.82) is 0 Å². The Labute approximate surface area is 98.6 Å². The smallest absolute Gasteiger partial charge is 0.354 e. The Morgan fingerprint density at radius 1 is 1.56 bits per heavy atom. The highest BCUT2D eigenvalue weighted by Crippen LogP contribution is 2.29. The van der Waals surface area contributed by atoms with Gasteiger partial charge in [-0.05, 0) is 31.4 Å². The Hall–Kier alpha value is -1.29. The van der Waals surface area contributed by atoms with Crippen LogP contribution in [0.3, 0.4) is 0 Å². The van der Waals surface area contributed by atoms with E-state index >= 15 is 0 Å². The van der Waals surface area contributed by atoms with Crippen LogP contribution in [0.1, 0.15) is 29.8 Å². The van der Waals surface area contributed by atoms with Gasteiger partial charge in [0, 0.05) is 16.3 Å². The first kappa shape index (κ1) is 11.2. The summed E-state index contributed by atoms with van der Waals surface area (Å²) in [7, 11) is 0. The Kier molecular flexibility index (Phi) is 3.62. The normalized spacial score (nSPS) is 19.6. The number of nitrogens with zero attached hydrogens (tertiary/aromatic N) is 1. The molecule has 2 rings (SSSR count). The van der Waals surface area contributed by atoms with E-state index in [0.29, 0.717) is 5.25 Å². The van der Waals surface area contributed by atoms with Crippen LogP contribution in [0.4, 0.5) is 0 Å². The molecule has 0 radical (unpaired) electrons. The molecule has 16 heavy (non-hydrogen) atoms. The quantitative estimate of drug-likeness (QED) is 0.818. The van der Waals surface area contributed by atoms with E-state index in [2.05, 4.69) is 17.1 Å². The summed E-state index contributed by atoms with van der Waals surface area (Å²) in [5, 5.41) is 9.30. The fourth-order valence-corrected chi connectivity index (χ4v) is 2.80. The van der Waals surface area contributed by atoms with Crippen LogP contribution in [0.15, 0.2) is 35.4 Å². The molecule has 1 aromatic heterocycles. The number of carboxylic acids is 1. The van der Waals surface area contributed by atoms with Gasteiger partial charge in [0.2, 0.25) is 0 Å². The highest BCUT2D eigenvalue weighted by atomic mass is 32.2. The topological polar surface area (TPSA) is 50.2 Å². The van der Waals surface area contributed by atoms with Gasteiger partial charge in [0.15, 0.2) is 0 Å². The number of allylic oxidation sites excluding steroid dienone is 1. The molecule has 1 aromatic rings. The van der Waals surface area contributed by atoms with Gasteiger partial charge in [0.05, 0.1) is 0 Å². The van der Waals surface area contributed by atoms with Crippen LogP contribution in [0, 0.1) is 0 Å². The van der Waals surface area contributed by atoms with Gasteiger partial charge in [0.25, 0.3) is 0 Å². The molecule has 0 aliphatic heterocycles. The molecule has 4 heteroatoms. The van der Waals surface area contributed by atoms with E-state index in [-0.39, 0.29) is 5.69 Å². The first-order chi connectivity index (χ1) is 7.75. The average Bonchev–Trinajstić information content (AvgIpc) is 2.30. The zero-order valence-corrected chi connectivity index (χ0v) is 9.61. The van der Waals surface area contributed by atoms with Crippen molar-refractivity contribution in [3.8, 4) is 0 Å². The Balaban J connectivity index is 2.08. The van der Waals surface area contributed by atoms with Crippen LogP contribution < -0.4 is 0 Å². The Morgan fingerprint density at radius 2 is 2.44 bits per heavy atom. The predicted octanol–water partition coefficient (Wildman–Crippen LogP) is 2.98. The number of carbonyl (C=O) groups is 1. The van der Waals surface area contributed by atoms with Crippen LogP contribution in [0.2, 0.25) is 0 Å². The number of carboxylic acid groups (broad SMARTS) is 1. The third-order valence-electron chi connectivity index (χ3n) is 2.45. The third kappa shape index (κ3) is 2.85. The fourth-order valence-electron chi connectivity index (χ4n) is 1.66. The van der Waals surface area contributed by atoms with E-state index in [1.165, 1.54) is 6.42 Å². The van der Waals surface area contributed by atoms with Gasteiger partial charge in [-0.15, -0.1) is 11.8 Å². The minimum Gasteiger partial charge on any atom is -0.477 e. The molecule has 1 aliphatic carbocycles. The molecule has 1 heterocycles. The van der Waals surface area contributed by atoms with Gasteiger partial charge < -0.3 is 5.11 Å². The predicted molar refractivity (Wildman–Crippen MR) is 63.8 cm³/mol. The van der Waals surface area contributed by atoms with E-state index < -0.39 is 5.97 Å². The van der Waals surface area contributed by atoms with Crippen LogP contribution in [0.25, 0.3) is 0 Å². The molecule has 0 spiro atoms. The number of rotatable bonds is 3. The second-order valence-corrected chi connectivity index (χ2v) is 5.01. The molecule has 1 aliphatic rings. The van der Waals surface area contributed by atoms with Gasteiger partial charge in [-0.25, -0.2) is 9.78 Å². The van der Waals surface area contributed by atoms with Gasteiger partial charge in [-0.3, -0.25) is 0 Å². The van der Waals surface area contributed by atoms with Crippen LogP contribution >= 0.6 is 11.8 Å². The van der Waals surface area contributed by atoms with Crippen molar-refractivity contribution in [3.63, 3.8) is 0 Å². The van der Waals surface area contributed by atoms with Crippen molar-refractivity contribution in [2.75, 3.05) is 0 Å². The zero-order valence-electron chi connectivity index (χ0n) is 8.80. The van der Waals surface area contributed by atoms with Crippen LogP contribution in [-0.4, -0.2) is 21.3 Å².